The third-order valence-electron chi connectivity index (χ3n) is 2.30. The van der Waals surface area contributed by atoms with Crippen molar-refractivity contribution < 1.29 is 0 Å². The molecule has 0 aliphatic rings. The first kappa shape index (κ1) is 13.0. The molecule has 17 heavy (non-hydrogen) atoms. The van der Waals surface area contributed by atoms with Crippen molar-refractivity contribution >= 4 is 11.9 Å². The van der Waals surface area contributed by atoms with E-state index in [1.165, 1.54) is 0 Å². The summed E-state index contributed by atoms with van der Waals surface area (Å²) in [6.07, 6.45) is 0. The molecule has 0 amide bonds. The van der Waals surface area contributed by atoms with Crippen LogP contribution in [0.4, 0.5) is 0 Å². The summed E-state index contributed by atoms with van der Waals surface area (Å²) in [6.45, 7) is 0.677. The van der Waals surface area contributed by atoms with Gasteiger partial charge in [0.2, 0.25) is 5.96 Å². The van der Waals surface area contributed by atoms with Crippen LogP contribution in [-0.2, 0) is 6.54 Å². The summed E-state index contributed by atoms with van der Waals surface area (Å²) in [5.74, 6) is 0.481. The number of aliphatic imine (C=N–C) groups is 1. The molecule has 5 nitrogen and oxygen atoms in total. The number of guanidine groups is 2. The first-order valence-electron chi connectivity index (χ1n) is 5.36. The Morgan fingerprint density at radius 1 is 1.24 bits per heavy atom. The molecule has 1 aromatic rings. The average molecular weight is 233 g/mol. The molecule has 0 heterocycles. The van der Waals surface area contributed by atoms with Crippen LogP contribution >= 0.6 is 0 Å². The minimum Gasteiger partial charge on any atom is -0.369 e. The van der Waals surface area contributed by atoms with E-state index < -0.39 is 0 Å². The third kappa shape index (κ3) is 4.14. The number of nitrogens with one attached hydrogen (secondary N) is 1. The summed E-state index contributed by atoms with van der Waals surface area (Å²) >= 11 is 0. The number of hydrogen-bond acceptors (Lipinski definition) is 1. The van der Waals surface area contributed by atoms with Crippen LogP contribution in [0.15, 0.2) is 35.3 Å². The predicted molar refractivity (Wildman–Crippen MR) is 70.9 cm³/mol. The lowest BCUT2D eigenvalue weighted by atomic mass is 10.2. The summed E-state index contributed by atoms with van der Waals surface area (Å²) in [4.78, 5) is 7.42. The fraction of sp³-hybridized carbons (Fsp3) is 0.333. The van der Waals surface area contributed by atoms with E-state index in [1.54, 1.807) is 19.0 Å². The van der Waals surface area contributed by atoms with Gasteiger partial charge in [-0.25, -0.2) is 0 Å². The van der Waals surface area contributed by atoms with Gasteiger partial charge >= 0.3 is 0 Å². The van der Waals surface area contributed by atoms with E-state index in [0.717, 1.165) is 5.56 Å². The first-order valence-corrected chi connectivity index (χ1v) is 5.36. The van der Waals surface area contributed by atoms with Crippen molar-refractivity contribution in [1.29, 1.82) is 5.41 Å². The van der Waals surface area contributed by atoms with Crippen LogP contribution in [0.25, 0.3) is 0 Å². The Bertz CT molecular complexity index is 397. The second kappa shape index (κ2) is 5.89. The van der Waals surface area contributed by atoms with Crippen molar-refractivity contribution in [2.75, 3.05) is 21.1 Å². The maximum absolute atomic E-state index is 7.58. The molecule has 0 radical (unpaired) electrons. The van der Waals surface area contributed by atoms with E-state index in [2.05, 4.69) is 4.99 Å². The number of rotatable bonds is 2. The number of nitrogens with two attached hydrogens (primary N) is 1. The Hall–Kier alpha value is -2.04. The summed E-state index contributed by atoms with van der Waals surface area (Å²) in [7, 11) is 5.38. The topological polar surface area (TPSA) is 68.7 Å². The summed E-state index contributed by atoms with van der Waals surface area (Å²) in [6, 6.07) is 10.0. The highest BCUT2D eigenvalue weighted by molar-refractivity contribution is 5.92. The van der Waals surface area contributed by atoms with Gasteiger partial charge in [-0.2, -0.15) is 4.99 Å². The van der Waals surface area contributed by atoms with Gasteiger partial charge < -0.3 is 15.5 Å². The fourth-order valence-electron chi connectivity index (χ4n) is 1.23. The van der Waals surface area contributed by atoms with E-state index in [9.17, 15) is 0 Å². The van der Waals surface area contributed by atoms with Crippen LogP contribution in [0.5, 0.6) is 0 Å². The van der Waals surface area contributed by atoms with E-state index in [0.29, 0.717) is 12.5 Å². The molecule has 0 aliphatic heterocycles. The molecular formula is C12H19N5. The van der Waals surface area contributed by atoms with Crippen LogP contribution in [0.2, 0.25) is 0 Å². The molecular weight excluding hydrogens is 214 g/mol. The van der Waals surface area contributed by atoms with Gasteiger partial charge in [0.25, 0.3) is 0 Å². The zero-order chi connectivity index (χ0) is 12.8. The largest absolute Gasteiger partial charge is 0.369 e. The Kier molecular flexibility index (Phi) is 4.51. The van der Waals surface area contributed by atoms with Crippen molar-refractivity contribution in [3.8, 4) is 0 Å². The molecule has 0 bridgehead atoms. The van der Waals surface area contributed by atoms with Gasteiger partial charge in [-0.15, -0.1) is 0 Å². The van der Waals surface area contributed by atoms with E-state index in [1.807, 2.05) is 42.3 Å². The fourth-order valence-corrected chi connectivity index (χ4v) is 1.23. The van der Waals surface area contributed by atoms with Crippen molar-refractivity contribution in [1.82, 2.24) is 9.80 Å². The van der Waals surface area contributed by atoms with Crippen LogP contribution in [-0.4, -0.2) is 42.9 Å². The van der Waals surface area contributed by atoms with Gasteiger partial charge in [0.1, 0.15) is 0 Å². The van der Waals surface area contributed by atoms with Crippen molar-refractivity contribution in [2.24, 2.45) is 10.7 Å². The molecule has 0 saturated heterocycles. The highest BCUT2D eigenvalue weighted by atomic mass is 15.3. The Morgan fingerprint density at radius 3 is 2.35 bits per heavy atom. The maximum atomic E-state index is 7.58. The molecule has 1 aromatic carbocycles. The predicted octanol–water partition coefficient (Wildman–Crippen LogP) is 0.929. The van der Waals surface area contributed by atoms with Crippen LogP contribution in [0.3, 0.4) is 0 Å². The highest BCUT2D eigenvalue weighted by Gasteiger charge is 2.05. The van der Waals surface area contributed by atoms with Gasteiger partial charge in [-0.1, -0.05) is 30.3 Å². The molecule has 0 spiro atoms. The number of nitrogens with zero attached hydrogens (tertiary/aromatic N) is 3. The lowest BCUT2D eigenvalue weighted by Crippen LogP contribution is -2.35. The second-order valence-corrected chi connectivity index (χ2v) is 4.03. The summed E-state index contributed by atoms with van der Waals surface area (Å²) in [5, 5.41) is 7.58. The van der Waals surface area contributed by atoms with Crippen molar-refractivity contribution in [2.45, 2.75) is 6.54 Å². The smallest absolute Gasteiger partial charge is 0.220 e. The van der Waals surface area contributed by atoms with Gasteiger partial charge in [0, 0.05) is 27.7 Å². The Morgan fingerprint density at radius 2 is 1.82 bits per heavy atom. The first-order chi connectivity index (χ1) is 8.00. The highest BCUT2D eigenvalue weighted by Crippen LogP contribution is 2.02. The summed E-state index contributed by atoms with van der Waals surface area (Å²) < 4.78 is 0. The monoisotopic (exact) mass is 233 g/mol. The van der Waals surface area contributed by atoms with E-state index >= 15 is 0 Å². The minimum absolute atomic E-state index is 0.141. The van der Waals surface area contributed by atoms with Gasteiger partial charge in [-0.3, -0.25) is 5.41 Å². The summed E-state index contributed by atoms with van der Waals surface area (Å²) in [5.41, 5.74) is 6.97. The van der Waals surface area contributed by atoms with Crippen LogP contribution in [0, 0.1) is 5.41 Å². The lowest BCUT2D eigenvalue weighted by Gasteiger charge is -2.19. The van der Waals surface area contributed by atoms with Crippen LogP contribution < -0.4 is 5.73 Å². The average Bonchev–Trinajstić information content (AvgIpc) is 2.29. The van der Waals surface area contributed by atoms with Gasteiger partial charge in [0.05, 0.1) is 0 Å². The molecule has 5 heteroatoms. The standard InChI is InChI=1S/C12H19N5/c1-16(2)11(13)15-12(14)17(3)9-10-7-5-4-6-8-10/h4-8H,9H2,1-3H3,(H3,13,14,15). The maximum Gasteiger partial charge on any atom is 0.220 e. The third-order valence-corrected chi connectivity index (χ3v) is 2.30. The molecule has 0 atom stereocenters. The van der Waals surface area contributed by atoms with Gasteiger partial charge in [0.15, 0.2) is 5.96 Å². The molecule has 0 aromatic heterocycles. The SMILES string of the molecule is CN(C)C(=N)/N=C(\N)N(C)Cc1ccccc1. The molecule has 1 rings (SSSR count). The zero-order valence-corrected chi connectivity index (χ0v) is 10.5. The second-order valence-electron chi connectivity index (χ2n) is 4.03. The number of benzene rings is 1. The molecule has 0 aliphatic carbocycles. The van der Waals surface area contributed by atoms with E-state index in [-0.39, 0.29) is 5.96 Å². The quantitative estimate of drug-likeness (QED) is 0.590. The van der Waals surface area contributed by atoms with Crippen molar-refractivity contribution in [3.63, 3.8) is 0 Å². The van der Waals surface area contributed by atoms with E-state index in [4.69, 9.17) is 11.1 Å². The molecule has 0 unspecified atom stereocenters. The van der Waals surface area contributed by atoms with Gasteiger partial charge in [-0.05, 0) is 5.56 Å². The normalized spacial score (nSPS) is 11.1. The minimum atomic E-state index is 0.141. The molecule has 92 valence electrons. The molecule has 0 fully saturated rings. The zero-order valence-electron chi connectivity index (χ0n) is 10.5. The Labute approximate surface area is 102 Å². The number of hydrogen-bond donors (Lipinski definition) is 2. The Balaban J connectivity index is 2.64. The molecule has 0 saturated carbocycles. The lowest BCUT2D eigenvalue weighted by molar-refractivity contribution is 0.493. The van der Waals surface area contributed by atoms with Crippen molar-refractivity contribution in [3.05, 3.63) is 35.9 Å². The van der Waals surface area contributed by atoms with Crippen LogP contribution in [0.1, 0.15) is 5.56 Å². The molecule has 3 N–H and O–H groups in total.